The number of aromatic amines is 1. The van der Waals surface area contributed by atoms with Gasteiger partial charge in [-0.15, -0.1) is 0 Å². The summed E-state index contributed by atoms with van der Waals surface area (Å²) in [4.78, 5) is 19.1. The molecule has 0 amide bonds. The highest BCUT2D eigenvalue weighted by Gasteiger charge is 2.10. The minimum absolute atomic E-state index is 0.0883. The van der Waals surface area contributed by atoms with Crippen molar-refractivity contribution in [3.8, 4) is 11.5 Å². The number of ether oxygens (including phenoxy) is 2. The number of aliphatic hydroxyl groups is 1. The van der Waals surface area contributed by atoms with Gasteiger partial charge in [-0.25, -0.2) is 4.98 Å². The molecular formula is C17H23N3O4. The van der Waals surface area contributed by atoms with Crippen molar-refractivity contribution in [2.24, 2.45) is 0 Å². The van der Waals surface area contributed by atoms with Gasteiger partial charge in [-0.05, 0) is 32.9 Å². The molecule has 0 atom stereocenters. The van der Waals surface area contributed by atoms with Crippen molar-refractivity contribution in [1.29, 1.82) is 0 Å². The second-order valence-electron chi connectivity index (χ2n) is 5.10. The van der Waals surface area contributed by atoms with Gasteiger partial charge in [-0.1, -0.05) is 0 Å². The fourth-order valence-corrected chi connectivity index (χ4v) is 2.34. The van der Waals surface area contributed by atoms with Gasteiger partial charge >= 0.3 is 0 Å². The Morgan fingerprint density at radius 2 is 1.92 bits per heavy atom. The van der Waals surface area contributed by atoms with Crippen LogP contribution in [0.1, 0.15) is 25.1 Å². The van der Waals surface area contributed by atoms with E-state index in [0.29, 0.717) is 41.9 Å². The maximum absolute atomic E-state index is 12.1. The number of H-pyrrole nitrogens is 1. The van der Waals surface area contributed by atoms with Gasteiger partial charge in [-0.3, -0.25) is 9.78 Å². The smallest absolute Gasteiger partial charge is 0.255 e. The van der Waals surface area contributed by atoms with E-state index in [0.717, 1.165) is 5.69 Å². The second-order valence-corrected chi connectivity index (χ2v) is 5.10. The third kappa shape index (κ3) is 4.26. The molecule has 24 heavy (non-hydrogen) atoms. The maximum Gasteiger partial charge on any atom is 0.255 e. The van der Waals surface area contributed by atoms with Crippen LogP contribution in [0.4, 0.5) is 11.6 Å². The molecule has 7 heteroatoms. The summed E-state index contributed by atoms with van der Waals surface area (Å²) >= 11 is 0. The molecule has 2 aromatic rings. The van der Waals surface area contributed by atoms with Crippen molar-refractivity contribution < 1.29 is 14.6 Å². The quantitative estimate of drug-likeness (QED) is 0.685. The third-order valence-electron chi connectivity index (χ3n) is 3.39. The van der Waals surface area contributed by atoms with Gasteiger partial charge in [0.15, 0.2) is 11.5 Å². The molecule has 0 aliphatic rings. The highest BCUT2D eigenvalue weighted by molar-refractivity contribution is 5.59. The topological polar surface area (TPSA) is 96.5 Å². The van der Waals surface area contributed by atoms with Crippen molar-refractivity contribution in [3.05, 3.63) is 39.8 Å². The summed E-state index contributed by atoms with van der Waals surface area (Å²) in [5.74, 6) is 1.63. The van der Waals surface area contributed by atoms with Gasteiger partial charge in [0, 0.05) is 30.3 Å². The largest absolute Gasteiger partial charge is 0.490 e. The summed E-state index contributed by atoms with van der Waals surface area (Å²) in [6.07, 6.45) is 0.284. The van der Waals surface area contributed by atoms with Crippen molar-refractivity contribution in [1.82, 2.24) is 9.97 Å². The lowest BCUT2D eigenvalue weighted by Crippen LogP contribution is -2.19. The van der Waals surface area contributed by atoms with Crippen molar-refractivity contribution in [2.75, 3.05) is 25.1 Å². The van der Waals surface area contributed by atoms with Gasteiger partial charge in [0.25, 0.3) is 5.56 Å². The summed E-state index contributed by atoms with van der Waals surface area (Å²) in [5, 5.41) is 12.1. The predicted molar refractivity (Wildman–Crippen MR) is 92.4 cm³/mol. The van der Waals surface area contributed by atoms with E-state index in [1.165, 1.54) is 0 Å². The van der Waals surface area contributed by atoms with Gasteiger partial charge < -0.3 is 19.9 Å². The molecule has 2 rings (SSSR count). The molecule has 0 aliphatic carbocycles. The van der Waals surface area contributed by atoms with Crippen molar-refractivity contribution in [3.63, 3.8) is 0 Å². The molecule has 0 fully saturated rings. The molecule has 0 spiro atoms. The average molecular weight is 333 g/mol. The van der Waals surface area contributed by atoms with Crippen molar-refractivity contribution >= 4 is 11.6 Å². The van der Waals surface area contributed by atoms with Crippen LogP contribution >= 0.6 is 0 Å². The Morgan fingerprint density at radius 3 is 2.54 bits per heavy atom. The number of nitrogens with one attached hydrogen (secondary N) is 2. The molecular weight excluding hydrogens is 310 g/mol. The first-order chi connectivity index (χ1) is 11.6. The van der Waals surface area contributed by atoms with E-state index in [4.69, 9.17) is 14.6 Å². The fourth-order valence-electron chi connectivity index (χ4n) is 2.34. The van der Waals surface area contributed by atoms with Gasteiger partial charge in [-0.2, -0.15) is 0 Å². The number of hydrogen-bond donors (Lipinski definition) is 3. The number of anilines is 2. The zero-order valence-corrected chi connectivity index (χ0v) is 14.2. The van der Waals surface area contributed by atoms with Gasteiger partial charge in [0.1, 0.15) is 0 Å². The highest BCUT2D eigenvalue weighted by Crippen LogP contribution is 2.31. The predicted octanol–water partition coefficient (Wildman–Crippen LogP) is 2.15. The van der Waals surface area contributed by atoms with Crippen LogP contribution in [0.25, 0.3) is 0 Å². The lowest BCUT2D eigenvalue weighted by Gasteiger charge is -2.13. The summed E-state index contributed by atoms with van der Waals surface area (Å²) < 4.78 is 11.1. The standard InChI is InChI=1S/C17H23N3O4/c1-4-23-14-7-6-12(10-15(14)24-5-2)19-17-18-11(3)13(8-9-21)16(22)20-17/h6-7,10,21H,4-5,8-9H2,1-3H3,(H2,18,19,20,22). The van der Waals surface area contributed by atoms with E-state index in [2.05, 4.69) is 15.3 Å². The van der Waals surface area contributed by atoms with E-state index < -0.39 is 0 Å². The first kappa shape index (κ1) is 17.8. The molecule has 1 aromatic carbocycles. The Balaban J connectivity index is 2.27. The van der Waals surface area contributed by atoms with Crippen molar-refractivity contribution in [2.45, 2.75) is 27.2 Å². The maximum atomic E-state index is 12.1. The zero-order valence-electron chi connectivity index (χ0n) is 14.2. The Morgan fingerprint density at radius 1 is 1.21 bits per heavy atom. The number of aromatic nitrogens is 2. The molecule has 0 radical (unpaired) electrons. The highest BCUT2D eigenvalue weighted by atomic mass is 16.5. The molecule has 0 bridgehead atoms. The van der Waals surface area contributed by atoms with Crippen LogP contribution in [-0.4, -0.2) is 34.9 Å². The SMILES string of the molecule is CCOc1ccc(Nc2nc(C)c(CCO)c(=O)[nH]2)cc1OCC. The molecule has 1 heterocycles. The summed E-state index contributed by atoms with van der Waals surface area (Å²) in [7, 11) is 0. The molecule has 0 saturated heterocycles. The molecule has 0 aliphatic heterocycles. The van der Waals surface area contributed by atoms with Crippen LogP contribution in [0.15, 0.2) is 23.0 Å². The van der Waals surface area contributed by atoms with Crippen LogP contribution in [-0.2, 0) is 6.42 Å². The Kier molecular flexibility index (Phi) is 6.20. The number of nitrogens with zero attached hydrogens (tertiary/aromatic N) is 1. The lowest BCUT2D eigenvalue weighted by atomic mass is 10.2. The van der Waals surface area contributed by atoms with Crippen LogP contribution in [0.3, 0.4) is 0 Å². The Hall–Kier alpha value is -2.54. The molecule has 0 saturated carbocycles. The number of aliphatic hydroxyl groups excluding tert-OH is 1. The minimum Gasteiger partial charge on any atom is -0.490 e. The van der Waals surface area contributed by atoms with E-state index in [9.17, 15) is 4.79 Å². The van der Waals surface area contributed by atoms with E-state index in [1.807, 2.05) is 26.0 Å². The minimum atomic E-state index is -0.255. The normalized spacial score (nSPS) is 10.5. The summed E-state index contributed by atoms with van der Waals surface area (Å²) in [5.41, 5.74) is 1.55. The summed E-state index contributed by atoms with van der Waals surface area (Å²) in [6, 6.07) is 5.43. The van der Waals surface area contributed by atoms with Crippen LogP contribution in [0.2, 0.25) is 0 Å². The summed E-state index contributed by atoms with van der Waals surface area (Å²) in [6.45, 7) is 6.54. The van der Waals surface area contributed by atoms with Crippen LogP contribution < -0.4 is 20.3 Å². The lowest BCUT2D eigenvalue weighted by molar-refractivity contribution is 0.288. The first-order valence-corrected chi connectivity index (χ1v) is 7.96. The molecule has 7 nitrogen and oxygen atoms in total. The molecule has 130 valence electrons. The third-order valence-corrected chi connectivity index (χ3v) is 3.39. The Labute approximate surface area is 140 Å². The monoisotopic (exact) mass is 333 g/mol. The Bertz CT molecular complexity index is 743. The van der Waals surface area contributed by atoms with E-state index in [1.54, 1.807) is 13.0 Å². The number of aryl methyl sites for hydroxylation is 1. The average Bonchev–Trinajstić information content (AvgIpc) is 2.54. The molecule has 1 aromatic heterocycles. The van der Waals surface area contributed by atoms with Gasteiger partial charge in [0.05, 0.1) is 18.9 Å². The number of hydrogen-bond acceptors (Lipinski definition) is 6. The fraction of sp³-hybridized carbons (Fsp3) is 0.412. The number of benzene rings is 1. The van der Waals surface area contributed by atoms with Crippen LogP contribution in [0, 0.1) is 6.92 Å². The number of rotatable bonds is 8. The van der Waals surface area contributed by atoms with Crippen LogP contribution in [0.5, 0.6) is 11.5 Å². The van der Waals surface area contributed by atoms with E-state index >= 15 is 0 Å². The first-order valence-electron chi connectivity index (χ1n) is 7.96. The van der Waals surface area contributed by atoms with E-state index in [-0.39, 0.29) is 18.6 Å². The molecule has 3 N–H and O–H groups in total. The zero-order chi connectivity index (χ0) is 17.5. The van der Waals surface area contributed by atoms with Gasteiger partial charge in [0.2, 0.25) is 5.95 Å². The molecule has 0 unspecified atom stereocenters. The second kappa shape index (κ2) is 8.35.